The van der Waals surface area contributed by atoms with Gasteiger partial charge in [0.05, 0.1) is 17.4 Å². The van der Waals surface area contributed by atoms with E-state index in [1.165, 1.54) is 12.3 Å². The van der Waals surface area contributed by atoms with E-state index in [4.69, 9.17) is 5.26 Å². The topological polar surface area (TPSA) is 79.8 Å². The summed E-state index contributed by atoms with van der Waals surface area (Å²) in [5, 5.41) is 18.8. The first-order chi connectivity index (χ1) is 7.15. The number of aryl methyl sites for hydroxylation is 1. The third-order valence-electron chi connectivity index (χ3n) is 1.83. The molecule has 5 nitrogen and oxygen atoms in total. The molecule has 0 N–H and O–H groups in total. The molecule has 0 spiro atoms. The average Bonchev–Trinajstić information content (AvgIpc) is 2.20. The Kier molecular flexibility index (Phi) is 3.52. The summed E-state index contributed by atoms with van der Waals surface area (Å²) >= 11 is 0. The quantitative estimate of drug-likeness (QED) is 0.557. The van der Waals surface area contributed by atoms with Gasteiger partial charge in [0.2, 0.25) is 0 Å². The summed E-state index contributed by atoms with van der Waals surface area (Å²) in [6, 6.07) is 3.39. The number of nitrogens with zero attached hydrogens (tertiary/aromatic N) is 3. The third-order valence-corrected chi connectivity index (χ3v) is 1.83. The Morgan fingerprint density at radius 3 is 3.07 bits per heavy atom. The van der Waals surface area contributed by atoms with Gasteiger partial charge >= 0.3 is 0 Å². The number of hydrogen-bond donors (Lipinski definition) is 0. The van der Waals surface area contributed by atoms with Gasteiger partial charge in [-0.2, -0.15) is 5.26 Å². The van der Waals surface area contributed by atoms with Crippen LogP contribution in [0.25, 0.3) is 6.08 Å². The molecule has 0 saturated heterocycles. The van der Waals surface area contributed by atoms with E-state index < -0.39 is 4.92 Å². The number of pyridine rings is 1. The number of nitro groups is 1. The van der Waals surface area contributed by atoms with E-state index in [0.717, 1.165) is 0 Å². The van der Waals surface area contributed by atoms with Crippen molar-refractivity contribution < 1.29 is 4.92 Å². The molecule has 0 saturated carbocycles. The molecule has 1 heterocycles. The van der Waals surface area contributed by atoms with E-state index >= 15 is 0 Å². The molecule has 0 aliphatic heterocycles. The van der Waals surface area contributed by atoms with Crippen molar-refractivity contribution >= 4 is 11.8 Å². The normalized spacial score (nSPS) is 10.1. The molecule has 0 atom stereocenters. The molecule has 0 amide bonds. The number of aromatic nitrogens is 1. The van der Waals surface area contributed by atoms with Crippen LogP contribution in [0.5, 0.6) is 0 Å². The highest BCUT2D eigenvalue weighted by Crippen LogP contribution is 2.15. The first kappa shape index (κ1) is 10.9. The third kappa shape index (κ3) is 2.88. The lowest BCUT2D eigenvalue weighted by Gasteiger charge is -1.98. The Hall–Kier alpha value is -2.22. The zero-order chi connectivity index (χ0) is 11.3. The molecule has 76 valence electrons. The van der Waals surface area contributed by atoms with Gasteiger partial charge in [-0.05, 0) is 6.92 Å². The summed E-state index contributed by atoms with van der Waals surface area (Å²) in [7, 11) is 0. The predicted octanol–water partition coefficient (Wildman–Crippen LogP) is 2.23. The van der Waals surface area contributed by atoms with Crippen LogP contribution in [0.3, 0.4) is 0 Å². The zero-order valence-corrected chi connectivity index (χ0v) is 8.17. The zero-order valence-electron chi connectivity index (χ0n) is 8.17. The van der Waals surface area contributed by atoms with Crippen LogP contribution in [-0.2, 0) is 0 Å². The van der Waals surface area contributed by atoms with Gasteiger partial charge in [-0.15, -0.1) is 0 Å². The molecule has 0 bridgehead atoms. The first-order valence-corrected chi connectivity index (χ1v) is 4.29. The number of rotatable bonds is 3. The van der Waals surface area contributed by atoms with Gasteiger partial charge in [0.1, 0.15) is 6.20 Å². The largest absolute Gasteiger partial charge is 0.288 e. The number of allylic oxidation sites excluding steroid dienone is 1. The van der Waals surface area contributed by atoms with Crippen molar-refractivity contribution in [3.8, 4) is 6.07 Å². The SMILES string of the molecule is Cc1ncc([N+](=O)[O-])cc1C=CCC#N. The van der Waals surface area contributed by atoms with Crippen LogP contribution in [0.15, 0.2) is 18.3 Å². The van der Waals surface area contributed by atoms with Crippen LogP contribution < -0.4 is 0 Å². The summed E-state index contributed by atoms with van der Waals surface area (Å²) in [5.74, 6) is 0. The lowest BCUT2D eigenvalue weighted by Crippen LogP contribution is -1.92. The van der Waals surface area contributed by atoms with Gasteiger partial charge < -0.3 is 0 Å². The van der Waals surface area contributed by atoms with E-state index in [-0.39, 0.29) is 12.1 Å². The van der Waals surface area contributed by atoms with Crippen molar-refractivity contribution in [2.45, 2.75) is 13.3 Å². The molecule has 0 radical (unpaired) electrons. The first-order valence-electron chi connectivity index (χ1n) is 4.29. The molecule has 1 rings (SSSR count). The van der Waals surface area contributed by atoms with E-state index in [1.54, 1.807) is 19.1 Å². The van der Waals surface area contributed by atoms with Crippen LogP contribution in [0.1, 0.15) is 17.7 Å². The van der Waals surface area contributed by atoms with Gasteiger partial charge in [-0.1, -0.05) is 12.2 Å². The molecule has 0 fully saturated rings. The maximum atomic E-state index is 10.5. The maximum absolute atomic E-state index is 10.5. The smallest absolute Gasteiger partial charge is 0.258 e. The van der Waals surface area contributed by atoms with E-state index in [0.29, 0.717) is 11.3 Å². The van der Waals surface area contributed by atoms with E-state index in [2.05, 4.69) is 4.98 Å². The van der Waals surface area contributed by atoms with Crippen molar-refractivity contribution in [1.82, 2.24) is 4.98 Å². The van der Waals surface area contributed by atoms with Gasteiger partial charge in [-0.25, -0.2) is 0 Å². The number of nitriles is 1. The van der Waals surface area contributed by atoms with Crippen molar-refractivity contribution in [2.75, 3.05) is 0 Å². The van der Waals surface area contributed by atoms with Crippen LogP contribution >= 0.6 is 0 Å². The van der Waals surface area contributed by atoms with Crippen molar-refractivity contribution in [2.24, 2.45) is 0 Å². The van der Waals surface area contributed by atoms with E-state index in [9.17, 15) is 10.1 Å². The fraction of sp³-hybridized carbons (Fsp3) is 0.200. The Balaban J connectivity index is 3.01. The Labute approximate surface area is 86.8 Å². The molecule has 1 aromatic rings. The summed E-state index contributed by atoms with van der Waals surface area (Å²) in [5.41, 5.74) is 1.33. The number of hydrogen-bond acceptors (Lipinski definition) is 4. The molecular formula is C10H9N3O2. The standard InChI is InChI=1S/C10H9N3O2/c1-8-9(4-2-3-5-11)6-10(7-12-8)13(14)15/h2,4,6-7H,3H2,1H3. The van der Waals surface area contributed by atoms with Gasteiger partial charge in [-0.3, -0.25) is 15.1 Å². The predicted molar refractivity (Wildman–Crippen MR) is 54.9 cm³/mol. The Morgan fingerprint density at radius 1 is 1.73 bits per heavy atom. The summed E-state index contributed by atoms with van der Waals surface area (Å²) in [6.07, 6.45) is 4.81. The minimum atomic E-state index is -0.492. The summed E-state index contributed by atoms with van der Waals surface area (Å²) in [6.45, 7) is 1.76. The molecular weight excluding hydrogens is 194 g/mol. The highest BCUT2D eigenvalue weighted by atomic mass is 16.6. The highest BCUT2D eigenvalue weighted by molar-refractivity contribution is 5.55. The monoisotopic (exact) mass is 203 g/mol. The van der Waals surface area contributed by atoms with Crippen molar-refractivity contribution in [3.05, 3.63) is 39.7 Å². The minimum Gasteiger partial charge on any atom is -0.258 e. The molecule has 1 aromatic heterocycles. The highest BCUT2D eigenvalue weighted by Gasteiger charge is 2.07. The second-order valence-electron chi connectivity index (χ2n) is 2.89. The fourth-order valence-corrected chi connectivity index (χ4v) is 1.05. The summed E-state index contributed by atoms with van der Waals surface area (Å²) < 4.78 is 0. The van der Waals surface area contributed by atoms with Crippen molar-refractivity contribution in [1.29, 1.82) is 5.26 Å². The van der Waals surface area contributed by atoms with Crippen LogP contribution in [-0.4, -0.2) is 9.91 Å². The van der Waals surface area contributed by atoms with Crippen LogP contribution in [0, 0.1) is 28.4 Å². The minimum absolute atomic E-state index is 0.0443. The molecule has 15 heavy (non-hydrogen) atoms. The molecule has 5 heteroatoms. The lowest BCUT2D eigenvalue weighted by molar-refractivity contribution is -0.385. The molecule has 0 unspecified atom stereocenters. The lowest BCUT2D eigenvalue weighted by atomic mass is 10.1. The maximum Gasteiger partial charge on any atom is 0.288 e. The molecule has 0 aromatic carbocycles. The molecule has 0 aliphatic carbocycles. The van der Waals surface area contributed by atoms with Gasteiger partial charge in [0, 0.05) is 17.3 Å². The van der Waals surface area contributed by atoms with Gasteiger partial charge in [0.15, 0.2) is 0 Å². The summed E-state index contributed by atoms with van der Waals surface area (Å²) in [4.78, 5) is 13.9. The van der Waals surface area contributed by atoms with Gasteiger partial charge in [0.25, 0.3) is 5.69 Å². The Bertz CT molecular complexity index is 446. The van der Waals surface area contributed by atoms with Crippen molar-refractivity contribution in [3.63, 3.8) is 0 Å². The Morgan fingerprint density at radius 2 is 2.47 bits per heavy atom. The van der Waals surface area contributed by atoms with Crippen LogP contribution in [0.2, 0.25) is 0 Å². The second-order valence-corrected chi connectivity index (χ2v) is 2.89. The van der Waals surface area contributed by atoms with E-state index in [1.807, 2.05) is 6.07 Å². The molecule has 0 aliphatic rings. The van der Waals surface area contributed by atoms with Crippen LogP contribution in [0.4, 0.5) is 5.69 Å². The average molecular weight is 203 g/mol. The second kappa shape index (κ2) is 4.86. The fourth-order valence-electron chi connectivity index (χ4n) is 1.05.